The van der Waals surface area contributed by atoms with Crippen molar-refractivity contribution in [1.29, 1.82) is 0 Å². The first kappa shape index (κ1) is 15.0. The molecule has 1 N–H and O–H groups in total. The van der Waals surface area contributed by atoms with Gasteiger partial charge < -0.3 is 5.32 Å². The van der Waals surface area contributed by atoms with Crippen LogP contribution in [0.2, 0.25) is 0 Å². The fourth-order valence-corrected chi connectivity index (χ4v) is 1.85. The van der Waals surface area contributed by atoms with Crippen LogP contribution in [0.15, 0.2) is 24.3 Å². The highest BCUT2D eigenvalue weighted by Gasteiger charge is 2.30. The number of benzene rings is 1. The van der Waals surface area contributed by atoms with Crippen molar-refractivity contribution < 1.29 is 13.2 Å². The van der Waals surface area contributed by atoms with Gasteiger partial charge >= 0.3 is 6.18 Å². The average molecular weight is 259 g/mol. The molecule has 0 aliphatic rings. The molecular formula is C14H20F3N. The maximum absolute atomic E-state index is 12.4. The first-order chi connectivity index (χ1) is 8.36. The van der Waals surface area contributed by atoms with Gasteiger partial charge in [-0.05, 0) is 42.6 Å². The molecule has 0 spiro atoms. The smallest absolute Gasteiger partial charge is 0.317 e. The number of hydrogen-bond donors (Lipinski definition) is 1. The molecule has 0 aliphatic heterocycles. The summed E-state index contributed by atoms with van der Waals surface area (Å²) in [6.07, 6.45) is -4.25. The number of alkyl halides is 3. The lowest BCUT2D eigenvalue weighted by molar-refractivity contribution is -0.137. The Kier molecular flexibility index (Phi) is 5.20. The van der Waals surface area contributed by atoms with E-state index in [9.17, 15) is 13.2 Å². The molecule has 0 fully saturated rings. The normalized spacial score (nSPS) is 15.4. The third kappa shape index (κ3) is 4.02. The Balaban J connectivity index is 2.72. The summed E-state index contributed by atoms with van der Waals surface area (Å²) >= 11 is 0. The first-order valence-electron chi connectivity index (χ1n) is 6.24. The van der Waals surface area contributed by atoms with Crippen LogP contribution in [-0.4, -0.2) is 13.1 Å². The Labute approximate surface area is 106 Å². The van der Waals surface area contributed by atoms with Crippen LogP contribution in [0.25, 0.3) is 0 Å². The van der Waals surface area contributed by atoms with Crippen molar-refractivity contribution in [2.24, 2.45) is 5.92 Å². The van der Waals surface area contributed by atoms with E-state index in [1.165, 1.54) is 0 Å². The van der Waals surface area contributed by atoms with E-state index in [2.05, 4.69) is 12.2 Å². The lowest BCUT2D eigenvalue weighted by Gasteiger charge is -2.21. The van der Waals surface area contributed by atoms with E-state index < -0.39 is 11.7 Å². The maximum Gasteiger partial charge on any atom is 0.416 e. The second-order valence-electron chi connectivity index (χ2n) is 4.69. The van der Waals surface area contributed by atoms with Crippen LogP contribution < -0.4 is 5.32 Å². The SMILES string of the molecule is CCNCC(C)C(C)c1ccc(C(F)(F)F)cc1. The topological polar surface area (TPSA) is 12.0 Å². The third-order valence-electron chi connectivity index (χ3n) is 3.33. The summed E-state index contributed by atoms with van der Waals surface area (Å²) in [6, 6.07) is 5.48. The summed E-state index contributed by atoms with van der Waals surface area (Å²) in [6.45, 7) is 7.97. The van der Waals surface area contributed by atoms with Crippen molar-refractivity contribution in [3.05, 3.63) is 35.4 Å². The summed E-state index contributed by atoms with van der Waals surface area (Å²) in [5.74, 6) is 0.632. The minimum Gasteiger partial charge on any atom is -0.317 e. The molecule has 0 radical (unpaired) electrons. The molecule has 1 aromatic rings. The molecule has 1 nitrogen and oxygen atoms in total. The van der Waals surface area contributed by atoms with Gasteiger partial charge in [0.1, 0.15) is 0 Å². The molecule has 0 aromatic heterocycles. The van der Waals surface area contributed by atoms with Gasteiger partial charge in [-0.2, -0.15) is 13.2 Å². The lowest BCUT2D eigenvalue weighted by Crippen LogP contribution is -2.24. The number of hydrogen-bond acceptors (Lipinski definition) is 1. The molecule has 2 unspecified atom stereocenters. The highest BCUT2D eigenvalue weighted by molar-refractivity contribution is 5.27. The van der Waals surface area contributed by atoms with Crippen molar-refractivity contribution in [2.45, 2.75) is 32.9 Å². The lowest BCUT2D eigenvalue weighted by atomic mass is 9.88. The monoisotopic (exact) mass is 259 g/mol. The summed E-state index contributed by atoms with van der Waals surface area (Å²) in [7, 11) is 0. The van der Waals surface area contributed by atoms with Gasteiger partial charge in [-0.1, -0.05) is 32.9 Å². The van der Waals surface area contributed by atoms with Crippen molar-refractivity contribution in [3.8, 4) is 0 Å². The van der Waals surface area contributed by atoms with E-state index >= 15 is 0 Å². The van der Waals surface area contributed by atoms with Crippen LogP contribution in [0, 0.1) is 5.92 Å². The zero-order valence-corrected chi connectivity index (χ0v) is 11.0. The zero-order valence-electron chi connectivity index (χ0n) is 11.0. The second kappa shape index (κ2) is 6.23. The molecule has 2 atom stereocenters. The molecule has 102 valence electrons. The van der Waals surface area contributed by atoms with Crippen LogP contribution in [0.5, 0.6) is 0 Å². The minimum absolute atomic E-state index is 0.242. The molecule has 0 saturated heterocycles. The van der Waals surface area contributed by atoms with E-state index in [1.807, 2.05) is 13.8 Å². The molecule has 18 heavy (non-hydrogen) atoms. The summed E-state index contributed by atoms with van der Waals surface area (Å²) in [4.78, 5) is 0. The zero-order chi connectivity index (χ0) is 13.8. The van der Waals surface area contributed by atoms with Crippen LogP contribution in [-0.2, 0) is 6.18 Å². The second-order valence-corrected chi connectivity index (χ2v) is 4.69. The average Bonchev–Trinajstić information content (AvgIpc) is 2.34. The Morgan fingerprint density at radius 2 is 1.67 bits per heavy atom. The number of halogens is 3. The van der Waals surface area contributed by atoms with Gasteiger partial charge in [-0.15, -0.1) is 0 Å². The van der Waals surface area contributed by atoms with Gasteiger partial charge in [0.2, 0.25) is 0 Å². The van der Waals surface area contributed by atoms with E-state index in [0.29, 0.717) is 5.92 Å². The van der Waals surface area contributed by atoms with Crippen LogP contribution in [0.1, 0.15) is 37.8 Å². The van der Waals surface area contributed by atoms with Gasteiger partial charge in [0.25, 0.3) is 0 Å². The van der Waals surface area contributed by atoms with Crippen LogP contribution in [0.4, 0.5) is 13.2 Å². The quantitative estimate of drug-likeness (QED) is 0.841. The molecule has 0 aliphatic carbocycles. The summed E-state index contributed by atoms with van der Waals surface area (Å²) in [5.41, 5.74) is 0.367. The highest BCUT2D eigenvalue weighted by atomic mass is 19.4. The highest BCUT2D eigenvalue weighted by Crippen LogP contribution is 2.31. The van der Waals surface area contributed by atoms with Crippen molar-refractivity contribution in [2.75, 3.05) is 13.1 Å². The van der Waals surface area contributed by atoms with Gasteiger partial charge in [-0.25, -0.2) is 0 Å². The Hall–Kier alpha value is -1.03. The fourth-order valence-electron chi connectivity index (χ4n) is 1.85. The molecule has 0 heterocycles. The molecule has 0 bridgehead atoms. The predicted molar refractivity (Wildman–Crippen MR) is 67.6 cm³/mol. The molecule has 0 saturated carbocycles. The van der Waals surface area contributed by atoms with E-state index in [0.717, 1.165) is 30.8 Å². The van der Waals surface area contributed by atoms with Gasteiger partial charge in [-0.3, -0.25) is 0 Å². The Bertz CT molecular complexity index is 356. The predicted octanol–water partition coefficient (Wildman–Crippen LogP) is 4.05. The van der Waals surface area contributed by atoms with E-state index in [1.54, 1.807) is 12.1 Å². The molecule has 4 heteroatoms. The van der Waals surface area contributed by atoms with Crippen molar-refractivity contribution >= 4 is 0 Å². The van der Waals surface area contributed by atoms with Crippen LogP contribution >= 0.6 is 0 Å². The minimum atomic E-state index is -4.25. The van der Waals surface area contributed by atoms with E-state index in [4.69, 9.17) is 0 Å². The number of rotatable bonds is 5. The summed E-state index contributed by atoms with van der Waals surface area (Å²) < 4.78 is 37.3. The standard InChI is InChI=1S/C14H20F3N/c1-4-18-9-10(2)11(3)12-5-7-13(8-6-12)14(15,16)17/h5-8,10-11,18H,4,9H2,1-3H3. The van der Waals surface area contributed by atoms with Crippen LogP contribution in [0.3, 0.4) is 0 Å². The Morgan fingerprint density at radius 3 is 2.11 bits per heavy atom. The summed E-state index contributed by atoms with van der Waals surface area (Å²) in [5, 5.41) is 3.25. The molecule has 1 aromatic carbocycles. The van der Waals surface area contributed by atoms with E-state index in [-0.39, 0.29) is 5.92 Å². The molecular weight excluding hydrogens is 239 g/mol. The fraction of sp³-hybridized carbons (Fsp3) is 0.571. The molecule has 1 rings (SSSR count). The van der Waals surface area contributed by atoms with Gasteiger partial charge in [0, 0.05) is 0 Å². The Morgan fingerprint density at radius 1 is 1.11 bits per heavy atom. The van der Waals surface area contributed by atoms with Crippen molar-refractivity contribution in [3.63, 3.8) is 0 Å². The number of nitrogens with one attached hydrogen (secondary N) is 1. The third-order valence-corrected chi connectivity index (χ3v) is 3.33. The largest absolute Gasteiger partial charge is 0.416 e. The van der Waals surface area contributed by atoms with Gasteiger partial charge in [0.15, 0.2) is 0 Å². The van der Waals surface area contributed by atoms with Crippen molar-refractivity contribution in [1.82, 2.24) is 5.32 Å². The first-order valence-corrected chi connectivity index (χ1v) is 6.24. The molecule has 0 amide bonds. The van der Waals surface area contributed by atoms with Gasteiger partial charge in [0.05, 0.1) is 5.56 Å². The maximum atomic E-state index is 12.4.